The Balaban J connectivity index is 1.76. The van der Waals surface area contributed by atoms with Crippen LogP contribution in [0.15, 0.2) is 47.4 Å². The lowest BCUT2D eigenvalue weighted by Gasteiger charge is -2.30. The van der Waals surface area contributed by atoms with E-state index < -0.39 is 10.0 Å². The third-order valence-corrected chi connectivity index (χ3v) is 6.71. The summed E-state index contributed by atoms with van der Waals surface area (Å²) in [5, 5.41) is 0. The Morgan fingerprint density at radius 1 is 1.04 bits per heavy atom. The number of nitrogens with one attached hydrogen (secondary N) is 1. The summed E-state index contributed by atoms with van der Waals surface area (Å²) in [5.41, 5.74) is 3.01. The predicted octanol–water partition coefficient (Wildman–Crippen LogP) is 3.98. The molecule has 5 nitrogen and oxygen atoms in total. The van der Waals surface area contributed by atoms with Crippen LogP contribution in [0.4, 0.5) is 5.69 Å². The first-order valence-electron chi connectivity index (χ1n) is 9.26. The number of hydrogen-bond donors (Lipinski definition) is 1. The maximum atomic E-state index is 12.7. The lowest BCUT2D eigenvalue weighted by molar-refractivity contribution is 0.0697. The van der Waals surface area contributed by atoms with Gasteiger partial charge in [-0.3, -0.25) is 9.52 Å². The van der Waals surface area contributed by atoms with E-state index in [-0.39, 0.29) is 10.8 Å². The highest BCUT2D eigenvalue weighted by molar-refractivity contribution is 7.92. The van der Waals surface area contributed by atoms with Crippen LogP contribution in [0.1, 0.15) is 41.3 Å². The van der Waals surface area contributed by atoms with Gasteiger partial charge in [0.25, 0.3) is 15.9 Å². The first-order valence-corrected chi connectivity index (χ1v) is 10.7. The van der Waals surface area contributed by atoms with Gasteiger partial charge in [0.05, 0.1) is 10.6 Å². The van der Waals surface area contributed by atoms with E-state index in [9.17, 15) is 13.2 Å². The van der Waals surface area contributed by atoms with Crippen molar-refractivity contribution < 1.29 is 13.2 Å². The molecule has 1 heterocycles. The molecule has 2 aromatic carbocycles. The summed E-state index contributed by atoms with van der Waals surface area (Å²) >= 11 is 0. The molecule has 0 spiro atoms. The van der Waals surface area contributed by atoms with Gasteiger partial charge in [0.1, 0.15) is 0 Å². The highest BCUT2D eigenvalue weighted by atomic mass is 32.2. The number of nitrogens with zero attached hydrogens (tertiary/aromatic N) is 1. The second-order valence-electron chi connectivity index (χ2n) is 7.35. The van der Waals surface area contributed by atoms with Crippen molar-refractivity contribution in [3.8, 4) is 0 Å². The van der Waals surface area contributed by atoms with Crippen molar-refractivity contribution in [3.63, 3.8) is 0 Å². The van der Waals surface area contributed by atoms with Crippen molar-refractivity contribution in [1.29, 1.82) is 0 Å². The van der Waals surface area contributed by atoms with Crippen LogP contribution in [0.5, 0.6) is 0 Å². The fraction of sp³-hybridized carbons (Fsp3) is 0.381. The number of carbonyl (C=O) groups is 1. The van der Waals surface area contributed by atoms with Gasteiger partial charge in [0, 0.05) is 18.7 Å². The average Bonchev–Trinajstić information content (AvgIpc) is 2.65. The zero-order valence-corrected chi connectivity index (χ0v) is 16.8. The second kappa shape index (κ2) is 7.72. The minimum atomic E-state index is -3.70. The number of likely N-dealkylation sites (tertiary alicyclic amines) is 1. The lowest BCUT2D eigenvalue weighted by atomic mass is 9.98. The molecule has 0 radical (unpaired) electrons. The smallest absolute Gasteiger partial charge is 0.261 e. The molecule has 1 N–H and O–H groups in total. The molecule has 27 heavy (non-hydrogen) atoms. The van der Waals surface area contributed by atoms with Gasteiger partial charge in [-0.15, -0.1) is 0 Å². The van der Waals surface area contributed by atoms with Crippen molar-refractivity contribution in [1.82, 2.24) is 4.90 Å². The molecule has 0 atom stereocenters. The summed E-state index contributed by atoms with van der Waals surface area (Å²) in [7, 11) is -3.70. The maximum Gasteiger partial charge on any atom is 0.261 e. The van der Waals surface area contributed by atoms with Crippen molar-refractivity contribution in [2.24, 2.45) is 5.92 Å². The first kappa shape index (κ1) is 19.4. The van der Waals surface area contributed by atoms with Crippen LogP contribution in [-0.4, -0.2) is 32.3 Å². The summed E-state index contributed by atoms with van der Waals surface area (Å²) in [4.78, 5) is 14.6. The molecule has 1 amide bonds. The normalized spacial score (nSPS) is 15.6. The number of aryl methyl sites for hydroxylation is 1. The molecule has 0 aliphatic carbocycles. The Morgan fingerprint density at radius 3 is 2.30 bits per heavy atom. The van der Waals surface area contributed by atoms with Crippen LogP contribution in [0.2, 0.25) is 0 Å². The molecular weight excluding hydrogens is 360 g/mol. The minimum absolute atomic E-state index is 0.0339. The molecule has 0 unspecified atom stereocenters. The number of benzene rings is 2. The summed E-state index contributed by atoms with van der Waals surface area (Å²) in [6, 6.07) is 11.7. The molecule has 1 aliphatic rings. The Kier molecular flexibility index (Phi) is 5.56. The molecule has 3 rings (SSSR count). The van der Waals surface area contributed by atoms with E-state index in [1.807, 2.05) is 30.9 Å². The van der Waals surface area contributed by atoms with Gasteiger partial charge < -0.3 is 4.90 Å². The molecule has 2 aromatic rings. The Bertz CT molecular complexity index is 928. The predicted molar refractivity (Wildman–Crippen MR) is 107 cm³/mol. The van der Waals surface area contributed by atoms with Crippen LogP contribution >= 0.6 is 0 Å². The number of amides is 1. The topological polar surface area (TPSA) is 66.5 Å². The number of piperidine rings is 1. The van der Waals surface area contributed by atoms with Gasteiger partial charge in [-0.05, 0) is 74.1 Å². The van der Waals surface area contributed by atoms with Gasteiger partial charge in [-0.1, -0.05) is 19.1 Å². The van der Waals surface area contributed by atoms with Crippen LogP contribution in [0.25, 0.3) is 0 Å². The van der Waals surface area contributed by atoms with E-state index in [2.05, 4.69) is 11.6 Å². The zero-order chi connectivity index (χ0) is 19.6. The average molecular weight is 387 g/mol. The first-order chi connectivity index (χ1) is 12.8. The van der Waals surface area contributed by atoms with Crippen molar-refractivity contribution in [2.45, 2.75) is 38.5 Å². The number of sulfonamides is 1. The number of rotatable bonds is 4. The summed E-state index contributed by atoms with van der Waals surface area (Å²) in [6.07, 6.45) is 2.02. The maximum absolute atomic E-state index is 12.7. The number of anilines is 1. The van der Waals surface area contributed by atoms with Gasteiger partial charge in [-0.25, -0.2) is 8.42 Å². The molecule has 1 saturated heterocycles. The summed E-state index contributed by atoms with van der Waals surface area (Å²) in [5.74, 6) is 0.617. The van der Waals surface area contributed by atoms with E-state index in [0.29, 0.717) is 17.2 Å². The molecule has 1 fully saturated rings. The largest absolute Gasteiger partial charge is 0.339 e. The Labute approximate surface area is 161 Å². The van der Waals surface area contributed by atoms with E-state index in [0.717, 1.165) is 37.1 Å². The Morgan fingerprint density at radius 2 is 1.67 bits per heavy atom. The van der Waals surface area contributed by atoms with Crippen LogP contribution in [-0.2, 0) is 10.0 Å². The fourth-order valence-electron chi connectivity index (χ4n) is 3.24. The Hall–Kier alpha value is -2.34. The summed E-state index contributed by atoms with van der Waals surface area (Å²) in [6.45, 7) is 7.54. The van der Waals surface area contributed by atoms with Gasteiger partial charge in [0.15, 0.2) is 0 Å². The van der Waals surface area contributed by atoms with Crippen LogP contribution in [0, 0.1) is 19.8 Å². The van der Waals surface area contributed by atoms with E-state index >= 15 is 0 Å². The van der Waals surface area contributed by atoms with E-state index in [4.69, 9.17) is 0 Å². The number of hydrogen-bond acceptors (Lipinski definition) is 3. The molecular formula is C21H26N2O3S. The van der Waals surface area contributed by atoms with Gasteiger partial charge >= 0.3 is 0 Å². The van der Waals surface area contributed by atoms with E-state index in [1.54, 1.807) is 18.2 Å². The van der Waals surface area contributed by atoms with Crippen LogP contribution < -0.4 is 4.72 Å². The third kappa shape index (κ3) is 4.33. The monoisotopic (exact) mass is 386 g/mol. The second-order valence-corrected chi connectivity index (χ2v) is 9.03. The summed E-state index contributed by atoms with van der Waals surface area (Å²) < 4.78 is 28.0. The molecule has 1 aliphatic heterocycles. The molecule has 0 saturated carbocycles. The molecule has 0 aromatic heterocycles. The quantitative estimate of drug-likeness (QED) is 0.864. The highest BCUT2D eigenvalue weighted by Crippen LogP contribution is 2.23. The SMILES string of the molecule is Cc1cccc(NS(=O)(=O)c2ccc(C(=O)N3CCC(C)CC3)cc2)c1C. The standard InChI is InChI=1S/C21H26N2O3S/c1-15-11-13-23(14-12-15)21(24)18-7-9-19(10-8-18)27(25,26)22-20-6-4-5-16(2)17(20)3/h4-10,15,22H,11-14H2,1-3H3. The van der Waals surface area contributed by atoms with E-state index in [1.165, 1.54) is 12.1 Å². The third-order valence-electron chi connectivity index (χ3n) is 5.33. The fourth-order valence-corrected chi connectivity index (χ4v) is 4.36. The molecule has 0 bridgehead atoms. The molecule has 144 valence electrons. The van der Waals surface area contributed by atoms with Crippen molar-refractivity contribution >= 4 is 21.6 Å². The van der Waals surface area contributed by atoms with Crippen molar-refractivity contribution in [3.05, 3.63) is 59.2 Å². The lowest BCUT2D eigenvalue weighted by Crippen LogP contribution is -2.37. The van der Waals surface area contributed by atoms with Crippen LogP contribution in [0.3, 0.4) is 0 Å². The van der Waals surface area contributed by atoms with Gasteiger partial charge in [-0.2, -0.15) is 0 Å². The minimum Gasteiger partial charge on any atom is -0.339 e. The van der Waals surface area contributed by atoms with Gasteiger partial charge in [0.2, 0.25) is 0 Å². The highest BCUT2D eigenvalue weighted by Gasteiger charge is 2.22. The zero-order valence-electron chi connectivity index (χ0n) is 16.0. The van der Waals surface area contributed by atoms with Crippen molar-refractivity contribution in [2.75, 3.05) is 17.8 Å². The number of carbonyl (C=O) groups excluding carboxylic acids is 1. The molecule has 6 heteroatoms.